The summed E-state index contributed by atoms with van der Waals surface area (Å²) in [5, 5.41) is 11.6. The van der Waals surface area contributed by atoms with Gasteiger partial charge in [0.25, 0.3) is 0 Å². The number of aliphatic hydroxyl groups is 1. The number of hydrogen-bond donors (Lipinski definition) is 1. The molecule has 0 saturated heterocycles. The Morgan fingerprint density at radius 2 is 2.42 bits per heavy atom. The van der Waals surface area contributed by atoms with E-state index in [1.807, 2.05) is 16.0 Å². The Kier molecular flexibility index (Phi) is 3.54. The zero-order chi connectivity index (χ0) is 13.2. The molecular formula is C13H17N3O2S. The molecule has 0 bridgehead atoms. The predicted octanol–water partition coefficient (Wildman–Crippen LogP) is 1.67. The number of imidazole rings is 1. The number of aliphatic hydroxyl groups excluding tert-OH is 1. The van der Waals surface area contributed by atoms with E-state index in [-0.39, 0.29) is 6.61 Å². The minimum absolute atomic E-state index is 0.0123. The van der Waals surface area contributed by atoms with Gasteiger partial charge in [-0.2, -0.15) is 0 Å². The molecule has 5 nitrogen and oxygen atoms in total. The molecule has 0 aliphatic carbocycles. The van der Waals surface area contributed by atoms with Gasteiger partial charge in [0.2, 0.25) is 0 Å². The summed E-state index contributed by atoms with van der Waals surface area (Å²) in [4.78, 5) is 7.77. The van der Waals surface area contributed by atoms with E-state index >= 15 is 0 Å². The fraction of sp³-hybridized carbons (Fsp3) is 0.462. The summed E-state index contributed by atoms with van der Waals surface area (Å²) in [7, 11) is 1.72. The largest absolute Gasteiger partial charge is 0.390 e. The lowest BCUT2D eigenvalue weighted by molar-refractivity contribution is 0.222. The van der Waals surface area contributed by atoms with Gasteiger partial charge in [0.05, 0.1) is 18.9 Å². The Labute approximate surface area is 115 Å². The Morgan fingerprint density at radius 3 is 3.11 bits per heavy atom. The van der Waals surface area contributed by atoms with Gasteiger partial charge in [-0.3, -0.25) is 4.40 Å². The van der Waals surface area contributed by atoms with Crippen LogP contribution in [0.5, 0.6) is 0 Å². The first kappa shape index (κ1) is 12.7. The van der Waals surface area contributed by atoms with Gasteiger partial charge >= 0.3 is 0 Å². The van der Waals surface area contributed by atoms with E-state index in [9.17, 15) is 5.11 Å². The van der Waals surface area contributed by atoms with Gasteiger partial charge in [-0.05, 0) is 12.0 Å². The van der Waals surface area contributed by atoms with Crippen molar-refractivity contribution in [3.8, 4) is 0 Å². The second-order valence-electron chi connectivity index (χ2n) is 4.59. The molecule has 19 heavy (non-hydrogen) atoms. The number of anilines is 1. The Balaban J connectivity index is 1.87. The van der Waals surface area contributed by atoms with Crippen LogP contribution >= 0.6 is 11.3 Å². The van der Waals surface area contributed by atoms with Crippen molar-refractivity contribution >= 4 is 22.1 Å². The van der Waals surface area contributed by atoms with Gasteiger partial charge in [-0.15, -0.1) is 11.3 Å². The molecule has 0 unspecified atom stereocenters. The molecule has 3 heterocycles. The number of nitrogens with zero attached hydrogens (tertiary/aromatic N) is 3. The summed E-state index contributed by atoms with van der Waals surface area (Å²) in [6, 6.07) is 0. The summed E-state index contributed by atoms with van der Waals surface area (Å²) >= 11 is 1.59. The molecule has 0 amide bonds. The van der Waals surface area contributed by atoms with E-state index < -0.39 is 0 Å². The first-order chi connectivity index (χ1) is 9.33. The molecular weight excluding hydrogens is 262 g/mol. The van der Waals surface area contributed by atoms with Crippen LogP contribution in [0.4, 0.5) is 5.82 Å². The number of methoxy groups -OCH3 is 1. The number of fused-ring (bicyclic) bond motifs is 1. The lowest BCUT2D eigenvalue weighted by Gasteiger charge is -2.27. The van der Waals surface area contributed by atoms with Crippen LogP contribution in [0.1, 0.15) is 12.1 Å². The van der Waals surface area contributed by atoms with Crippen molar-refractivity contribution in [3.05, 3.63) is 28.9 Å². The molecule has 0 fully saturated rings. The first-order valence-corrected chi connectivity index (χ1v) is 7.18. The van der Waals surface area contributed by atoms with E-state index in [1.165, 1.54) is 5.57 Å². The van der Waals surface area contributed by atoms with Crippen LogP contribution in [0.2, 0.25) is 0 Å². The van der Waals surface area contributed by atoms with Crippen LogP contribution in [0.15, 0.2) is 23.2 Å². The third-order valence-electron chi connectivity index (χ3n) is 3.42. The summed E-state index contributed by atoms with van der Waals surface area (Å²) in [5.74, 6) is 0.905. The molecule has 0 aromatic carbocycles. The minimum atomic E-state index is 0.0123. The number of ether oxygens (including phenoxy) is 1. The van der Waals surface area contributed by atoms with Crippen molar-refractivity contribution in [3.63, 3.8) is 0 Å². The Morgan fingerprint density at radius 1 is 1.53 bits per heavy atom. The zero-order valence-corrected chi connectivity index (χ0v) is 11.7. The molecule has 0 saturated carbocycles. The van der Waals surface area contributed by atoms with Gasteiger partial charge in [0.1, 0.15) is 0 Å². The smallest absolute Gasteiger partial charge is 0.195 e. The maximum absolute atomic E-state index is 9.57. The highest BCUT2D eigenvalue weighted by atomic mass is 32.1. The van der Waals surface area contributed by atoms with E-state index in [2.05, 4.69) is 16.0 Å². The van der Waals surface area contributed by atoms with Gasteiger partial charge in [-0.25, -0.2) is 4.98 Å². The molecule has 1 aliphatic heterocycles. The Bertz CT molecular complexity index is 602. The van der Waals surface area contributed by atoms with Crippen LogP contribution in [0, 0.1) is 0 Å². The molecule has 102 valence electrons. The van der Waals surface area contributed by atoms with Crippen molar-refractivity contribution in [2.75, 3.05) is 31.7 Å². The normalized spacial score (nSPS) is 16.1. The van der Waals surface area contributed by atoms with Crippen molar-refractivity contribution < 1.29 is 9.84 Å². The summed E-state index contributed by atoms with van der Waals surface area (Å²) in [5.41, 5.74) is 2.21. The van der Waals surface area contributed by atoms with Gasteiger partial charge in [0, 0.05) is 31.8 Å². The Hall–Kier alpha value is -1.37. The number of hydrogen-bond acceptors (Lipinski definition) is 5. The standard InChI is InChI=1S/C13H17N3O2S/c1-18-9-10-2-4-15(5-3-10)12-11(8-17)16-6-7-19-13(16)14-12/h2,6-7,17H,3-5,8-9H2,1H3. The number of rotatable bonds is 4. The predicted molar refractivity (Wildman–Crippen MR) is 75.8 cm³/mol. The lowest BCUT2D eigenvalue weighted by Crippen LogP contribution is -2.30. The van der Waals surface area contributed by atoms with Crippen LogP contribution in [-0.2, 0) is 11.3 Å². The average Bonchev–Trinajstić information content (AvgIpc) is 3.00. The molecule has 1 aliphatic rings. The van der Waals surface area contributed by atoms with E-state index in [0.29, 0.717) is 6.61 Å². The fourth-order valence-electron chi connectivity index (χ4n) is 2.44. The average molecular weight is 279 g/mol. The van der Waals surface area contributed by atoms with Crippen LogP contribution < -0.4 is 4.90 Å². The molecule has 2 aromatic heterocycles. The molecule has 0 spiro atoms. The van der Waals surface area contributed by atoms with Crippen molar-refractivity contribution in [2.24, 2.45) is 0 Å². The summed E-state index contributed by atoms with van der Waals surface area (Å²) in [6.45, 7) is 2.47. The van der Waals surface area contributed by atoms with Crippen molar-refractivity contribution in [1.82, 2.24) is 9.38 Å². The van der Waals surface area contributed by atoms with Crippen LogP contribution in [0.25, 0.3) is 4.96 Å². The number of aromatic nitrogens is 2. The maximum Gasteiger partial charge on any atom is 0.195 e. The second-order valence-corrected chi connectivity index (χ2v) is 5.46. The van der Waals surface area contributed by atoms with E-state index in [4.69, 9.17) is 4.74 Å². The highest BCUT2D eigenvalue weighted by molar-refractivity contribution is 7.15. The minimum Gasteiger partial charge on any atom is -0.390 e. The van der Waals surface area contributed by atoms with Crippen LogP contribution in [0.3, 0.4) is 0 Å². The highest BCUT2D eigenvalue weighted by Gasteiger charge is 2.20. The molecule has 3 rings (SSSR count). The summed E-state index contributed by atoms with van der Waals surface area (Å²) < 4.78 is 7.12. The molecule has 6 heteroatoms. The third-order valence-corrected chi connectivity index (χ3v) is 4.18. The number of thiazole rings is 1. The quantitative estimate of drug-likeness (QED) is 0.865. The van der Waals surface area contributed by atoms with Crippen molar-refractivity contribution in [1.29, 1.82) is 0 Å². The molecule has 0 atom stereocenters. The topological polar surface area (TPSA) is 50.0 Å². The second kappa shape index (κ2) is 5.32. The van der Waals surface area contributed by atoms with Gasteiger partial charge < -0.3 is 14.7 Å². The third kappa shape index (κ3) is 2.27. The monoisotopic (exact) mass is 279 g/mol. The van der Waals surface area contributed by atoms with Crippen LogP contribution in [-0.4, -0.2) is 41.3 Å². The highest BCUT2D eigenvalue weighted by Crippen LogP contribution is 2.26. The maximum atomic E-state index is 9.57. The van der Waals surface area contributed by atoms with Gasteiger partial charge in [0.15, 0.2) is 10.8 Å². The van der Waals surface area contributed by atoms with Gasteiger partial charge in [-0.1, -0.05) is 6.08 Å². The summed E-state index contributed by atoms with van der Waals surface area (Å²) in [6.07, 6.45) is 5.14. The van der Waals surface area contributed by atoms with E-state index in [0.717, 1.165) is 36.0 Å². The van der Waals surface area contributed by atoms with Crippen molar-refractivity contribution in [2.45, 2.75) is 13.0 Å². The molecule has 0 radical (unpaired) electrons. The fourth-order valence-corrected chi connectivity index (χ4v) is 3.17. The lowest BCUT2D eigenvalue weighted by atomic mass is 10.1. The SMILES string of the molecule is COCC1=CCN(c2nc3sccn3c2CO)CC1. The zero-order valence-electron chi connectivity index (χ0n) is 10.9. The molecule has 2 aromatic rings. The molecule has 1 N–H and O–H groups in total. The first-order valence-electron chi connectivity index (χ1n) is 6.30. The van der Waals surface area contributed by atoms with E-state index in [1.54, 1.807) is 18.4 Å².